The molecule has 3 atom stereocenters. The zero-order valence-corrected chi connectivity index (χ0v) is 13.0. The van der Waals surface area contributed by atoms with Crippen molar-refractivity contribution < 1.29 is 9.84 Å². The van der Waals surface area contributed by atoms with E-state index in [0.717, 1.165) is 25.9 Å². The summed E-state index contributed by atoms with van der Waals surface area (Å²) in [5.41, 5.74) is 0. The second-order valence-electron chi connectivity index (χ2n) is 5.50. The minimum atomic E-state index is -0.558. The topological polar surface area (TPSA) is 29.5 Å². The lowest BCUT2D eigenvalue weighted by Crippen LogP contribution is -2.21. The van der Waals surface area contributed by atoms with Crippen LogP contribution in [0, 0.1) is 11.8 Å². The highest BCUT2D eigenvalue weighted by atomic mass is 16.6. The minimum absolute atomic E-state index is 0.558. The van der Waals surface area contributed by atoms with Gasteiger partial charge in [-0.3, -0.25) is 0 Å². The Morgan fingerprint density at radius 1 is 0.889 bits per heavy atom. The van der Waals surface area contributed by atoms with E-state index in [-0.39, 0.29) is 0 Å². The standard InChI is InChI=1S/C16H34O2/c1-5-9-11-15(8-4)13-18-16(17)12-14(7-3)10-6-2/h14-17H,5-13H2,1-4H3. The molecule has 0 aliphatic rings. The van der Waals surface area contributed by atoms with Gasteiger partial charge in [-0.05, 0) is 18.3 Å². The lowest BCUT2D eigenvalue weighted by Gasteiger charge is -2.21. The molecule has 0 aromatic rings. The second kappa shape index (κ2) is 12.0. The van der Waals surface area contributed by atoms with Crippen molar-refractivity contribution in [1.82, 2.24) is 0 Å². The van der Waals surface area contributed by atoms with E-state index in [1.807, 2.05) is 0 Å². The molecule has 0 spiro atoms. The summed E-state index contributed by atoms with van der Waals surface area (Å²) in [4.78, 5) is 0. The van der Waals surface area contributed by atoms with Crippen molar-refractivity contribution in [2.75, 3.05) is 6.61 Å². The molecule has 1 N–H and O–H groups in total. The van der Waals surface area contributed by atoms with Gasteiger partial charge in [-0.2, -0.15) is 0 Å². The molecule has 0 rings (SSSR count). The van der Waals surface area contributed by atoms with Gasteiger partial charge in [0.15, 0.2) is 6.29 Å². The summed E-state index contributed by atoms with van der Waals surface area (Å²) < 4.78 is 5.63. The van der Waals surface area contributed by atoms with Crippen molar-refractivity contribution in [2.45, 2.75) is 85.4 Å². The molecule has 18 heavy (non-hydrogen) atoms. The predicted molar refractivity (Wildman–Crippen MR) is 78.6 cm³/mol. The van der Waals surface area contributed by atoms with Crippen LogP contribution in [0.2, 0.25) is 0 Å². The Labute approximate surface area is 114 Å². The van der Waals surface area contributed by atoms with Gasteiger partial charge < -0.3 is 9.84 Å². The predicted octanol–water partition coefficient (Wildman–Crippen LogP) is 4.75. The Bertz CT molecular complexity index is 170. The van der Waals surface area contributed by atoms with Crippen molar-refractivity contribution in [2.24, 2.45) is 11.8 Å². The van der Waals surface area contributed by atoms with Crippen molar-refractivity contribution in [1.29, 1.82) is 0 Å². The summed E-state index contributed by atoms with van der Waals surface area (Å²) in [5, 5.41) is 9.92. The van der Waals surface area contributed by atoms with Crippen molar-refractivity contribution in [3.8, 4) is 0 Å². The van der Waals surface area contributed by atoms with Gasteiger partial charge >= 0.3 is 0 Å². The average Bonchev–Trinajstić information content (AvgIpc) is 2.38. The van der Waals surface area contributed by atoms with Crippen LogP contribution < -0.4 is 0 Å². The second-order valence-corrected chi connectivity index (χ2v) is 5.50. The van der Waals surface area contributed by atoms with Crippen molar-refractivity contribution in [3.05, 3.63) is 0 Å². The summed E-state index contributed by atoms with van der Waals surface area (Å²) in [6.07, 6.45) is 8.67. The summed E-state index contributed by atoms with van der Waals surface area (Å²) >= 11 is 0. The Morgan fingerprint density at radius 3 is 2.06 bits per heavy atom. The van der Waals surface area contributed by atoms with Crippen LogP contribution in [0.15, 0.2) is 0 Å². The molecule has 0 aromatic carbocycles. The van der Waals surface area contributed by atoms with Crippen LogP contribution >= 0.6 is 0 Å². The van der Waals surface area contributed by atoms with E-state index < -0.39 is 6.29 Å². The largest absolute Gasteiger partial charge is 0.368 e. The van der Waals surface area contributed by atoms with E-state index in [2.05, 4.69) is 27.7 Å². The van der Waals surface area contributed by atoms with Crippen molar-refractivity contribution in [3.63, 3.8) is 0 Å². The first-order valence-corrected chi connectivity index (χ1v) is 7.97. The molecule has 0 aromatic heterocycles. The van der Waals surface area contributed by atoms with Gasteiger partial charge in [0.1, 0.15) is 0 Å². The normalized spacial score (nSPS) is 16.5. The highest BCUT2D eigenvalue weighted by Gasteiger charge is 2.14. The van der Waals surface area contributed by atoms with E-state index in [4.69, 9.17) is 4.74 Å². The molecule has 0 bridgehead atoms. The van der Waals surface area contributed by atoms with Crippen LogP contribution in [0.5, 0.6) is 0 Å². The maximum absolute atomic E-state index is 9.92. The SMILES string of the molecule is CCCCC(CC)COC(O)CC(CC)CCC. The molecular weight excluding hydrogens is 224 g/mol. The lowest BCUT2D eigenvalue weighted by atomic mass is 9.96. The fourth-order valence-corrected chi connectivity index (χ4v) is 2.40. The van der Waals surface area contributed by atoms with Gasteiger partial charge in [0.05, 0.1) is 6.61 Å². The zero-order valence-electron chi connectivity index (χ0n) is 13.0. The number of aliphatic hydroxyl groups is 1. The molecule has 2 heteroatoms. The molecule has 2 nitrogen and oxygen atoms in total. The van der Waals surface area contributed by atoms with Crippen LogP contribution in [0.1, 0.15) is 79.1 Å². The van der Waals surface area contributed by atoms with Gasteiger partial charge in [-0.25, -0.2) is 0 Å². The molecule has 0 aliphatic heterocycles. The van der Waals surface area contributed by atoms with Gasteiger partial charge in [0.25, 0.3) is 0 Å². The number of ether oxygens (including phenoxy) is 1. The average molecular weight is 258 g/mol. The van der Waals surface area contributed by atoms with Gasteiger partial charge in [0, 0.05) is 6.42 Å². The fraction of sp³-hybridized carbons (Fsp3) is 1.00. The smallest absolute Gasteiger partial charge is 0.154 e. The lowest BCUT2D eigenvalue weighted by molar-refractivity contribution is -0.122. The number of hydrogen-bond acceptors (Lipinski definition) is 2. The number of unbranched alkanes of at least 4 members (excludes halogenated alkanes) is 1. The van der Waals surface area contributed by atoms with E-state index in [9.17, 15) is 5.11 Å². The first kappa shape index (κ1) is 17.9. The van der Waals surface area contributed by atoms with Crippen molar-refractivity contribution >= 4 is 0 Å². The molecule has 0 saturated heterocycles. The van der Waals surface area contributed by atoms with Gasteiger partial charge in [-0.15, -0.1) is 0 Å². The highest BCUT2D eigenvalue weighted by molar-refractivity contribution is 4.60. The van der Waals surface area contributed by atoms with Gasteiger partial charge in [0.2, 0.25) is 0 Å². The fourth-order valence-electron chi connectivity index (χ4n) is 2.40. The third-order valence-corrected chi connectivity index (χ3v) is 3.88. The summed E-state index contributed by atoms with van der Waals surface area (Å²) in [5.74, 6) is 1.23. The molecule has 0 saturated carbocycles. The summed E-state index contributed by atoms with van der Waals surface area (Å²) in [7, 11) is 0. The Kier molecular flexibility index (Phi) is 11.9. The Balaban J connectivity index is 3.81. The number of aliphatic hydroxyl groups excluding tert-OH is 1. The van der Waals surface area contributed by atoms with Crippen LogP contribution in [-0.2, 0) is 4.74 Å². The maximum atomic E-state index is 9.92. The number of rotatable bonds is 12. The molecule has 0 radical (unpaired) electrons. The Hall–Kier alpha value is -0.0800. The molecule has 110 valence electrons. The minimum Gasteiger partial charge on any atom is -0.368 e. The van der Waals surface area contributed by atoms with E-state index in [1.165, 1.54) is 32.1 Å². The third-order valence-electron chi connectivity index (χ3n) is 3.88. The number of hydrogen-bond donors (Lipinski definition) is 1. The molecule has 0 heterocycles. The van der Waals surface area contributed by atoms with E-state index in [1.54, 1.807) is 0 Å². The van der Waals surface area contributed by atoms with Crippen LogP contribution in [-0.4, -0.2) is 18.0 Å². The van der Waals surface area contributed by atoms with Crippen LogP contribution in [0.3, 0.4) is 0 Å². The van der Waals surface area contributed by atoms with Gasteiger partial charge in [-0.1, -0.05) is 66.2 Å². The zero-order chi connectivity index (χ0) is 13.8. The van der Waals surface area contributed by atoms with E-state index >= 15 is 0 Å². The summed E-state index contributed by atoms with van der Waals surface area (Å²) in [6.45, 7) is 9.55. The molecule has 0 fully saturated rings. The quantitative estimate of drug-likeness (QED) is 0.512. The molecule has 0 aliphatic carbocycles. The third kappa shape index (κ3) is 8.93. The first-order chi connectivity index (χ1) is 8.67. The molecular formula is C16H34O2. The van der Waals surface area contributed by atoms with Crippen LogP contribution in [0.25, 0.3) is 0 Å². The Morgan fingerprint density at radius 2 is 1.56 bits per heavy atom. The molecule has 3 unspecified atom stereocenters. The highest BCUT2D eigenvalue weighted by Crippen LogP contribution is 2.19. The summed E-state index contributed by atoms with van der Waals surface area (Å²) in [6, 6.07) is 0. The maximum Gasteiger partial charge on any atom is 0.154 e. The van der Waals surface area contributed by atoms with Crippen LogP contribution in [0.4, 0.5) is 0 Å². The first-order valence-electron chi connectivity index (χ1n) is 7.97. The molecule has 0 amide bonds. The monoisotopic (exact) mass is 258 g/mol. The van der Waals surface area contributed by atoms with E-state index in [0.29, 0.717) is 11.8 Å².